The Balaban J connectivity index is 1.76. The fourth-order valence-corrected chi connectivity index (χ4v) is 2.87. The van der Waals surface area contributed by atoms with Crippen LogP contribution in [0.15, 0.2) is 0 Å². The van der Waals surface area contributed by atoms with Crippen molar-refractivity contribution in [3.8, 4) is 0 Å². The third-order valence-electron chi connectivity index (χ3n) is 4.01. The van der Waals surface area contributed by atoms with Crippen molar-refractivity contribution in [2.24, 2.45) is 17.6 Å². The predicted octanol–water partition coefficient (Wildman–Crippen LogP) is 1.95. The van der Waals surface area contributed by atoms with E-state index in [4.69, 9.17) is 15.2 Å². The van der Waals surface area contributed by atoms with E-state index in [2.05, 4.69) is 6.92 Å². The van der Waals surface area contributed by atoms with Crippen LogP contribution in [0.4, 0.5) is 0 Å². The molecule has 1 saturated carbocycles. The molecule has 1 saturated heterocycles. The van der Waals surface area contributed by atoms with Gasteiger partial charge in [0, 0.05) is 6.61 Å². The molecule has 0 aromatic rings. The summed E-state index contributed by atoms with van der Waals surface area (Å²) in [6.45, 7) is 4.77. The minimum atomic E-state index is 0.343. The van der Waals surface area contributed by atoms with Crippen LogP contribution in [-0.2, 0) is 9.47 Å². The van der Waals surface area contributed by atoms with Crippen LogP contribution in [0.5, 0.6) is 0 Å². The average Bonchev–Trinajstić information content (AvgIpc) is 2.79. The van der Waals surface area contributed by atoms with Crippen molar-refractivity contribution in [1.82, 2.24) is 0 Å². The summed E-state index contributed by atoms with van der Waals surface area (Å²) in [7, 11) is 0. The Labute approximate surface area is 98.7 Å². The van der Waals surface area contributed by atoms with Crippen LogP contribution in [0.1, 0.15) is 39.0 Å². The molecule has 0 radical (unpaired) electrons. The van der Waals surface area contributed by atoms with E-state index in [1.807, 2.05) is 0 Å². The normalized spacial score (nSPS) is 40.1. The van der Waals surface area contributed by atoms with Gasteiger partial charge in [0.1, 0.15) is 0 Å². The smallest absolute Gasteiger partial charge is 0.0809 e. The average molecular weight is 227 g/mol. The van der Waals surface area contributed by atoms with Crippen LogP contribution < -0.4 is 5.73 Å². The van der Waals surface area contributed by atoms with Crippen molar-refractivity contribution < 1.29 is 9.47 Å². The van der Waals surface area contributed by atoms with E-state index >= 15 is 0 Å². The first-order valence-electron chi connectivity index (χ1n) is 6.73. The SMILES string of the molecule is CC1CCC(CN)C(OCC2CCCO2)C1. The highest BCUT2D eigenvalue weighted by Crippen LogP contribution is 2.30. The van der Waals surface area contributed by atoms with E-state index in [-0.39, 0.29) is 0 Å². The van der Waals surface area contributed by atoms with Gasteiger partial charge in [0.05, 0.1) is 18.8 Å². The predicted molar refractivity (Wildman–Crippen MR) is 64.3 cm³/mol. The zero-order valence-electron chi connectivity index (χ0n) is 10.4. The summed E-state index contributed by atoms with van der Waals surface area (Å²) in [5.74, 6) is 1.36. The van der Waals surface area contributed by atoms with Gasteiger partial charge in [0.25, 0.3) is 0 Å². The van der Waals surface area contributed by atoms with Gasteiger partial charge in [-0.15, -0.1) is 0 Å². The molecular weight excluding hydrogens is 202 g/mol. The Hall–Kier alpha value is -0.120. The molecule has 1 aliphatic carbocycles. The molecule has 2 rings (SSSR count). The minimum absolute atomic E-state index is 0.343. The van der Waals surface area contributed by atoms with E-state index in [0.29, 0.717) is 18.1 Å². The quantitative estimate of drug-likeness (QED) is 0.798. The minimum Gasteiger partial charge on any atom is -0.376 e. The van der Waals surface area contributed by atoms with Gasteiger partial charge in [0.2, 0.25) is 0 Å². The number of nitrogens with two attached hydrogens (primary N) is 1. The highest BCUT2D eigenvalue weighted by Gasteiger charge is 2.29. The fourth-order valence-electron chi connectivity index (χ4n) is 2.87. The van der Waals surface area contributed by atoms with Crippen LogP contribution in [0.3, 0.4) is 0 Å². The van der Waals surface area contributed by atoms with Crippen LogP contribution in [0.25, 0.3) is 0 Å². The Kier molecular flexibility index (Phi) is 4.62. The van der Waals surface area contributed by atoms with Gasteiger partial charge in [-0.1, -0.05) is 13.3 Å². The van der Waals surface area contributed by atoms with Gasteiger partial charge in [-0.3, -0.25) is 0 Å². The maximum Gasteiger partial charge on any atom is 0.0809 e. The third-order valence-corrected chi connectivity index (χ3v) is 4.01. The largest absolute Gasteiger partial charge is 0.376 e. The number of hydrogen-bond acceptors (Lipinski definition) is 3. The number of ether oxygens (including phenoxy) is 2. The van der Waals surface area contributed by atoms with E-state index in [9.17, 15) is 0 Å². The monoisotopic (exact) mass is 227 g/mol. The zero-order valence-corrected chi connectivity index (χ0v) is 10.4. The Bertz CT molecular complexity index is 204. The molecule has 0 bridgehead atoms. The van der Waals surface area contributed by atoms with Crippen molar-refractivity contribution in [3.63, 3.8) is 0 Å². The number of hydrogen-bond donors (Lipinski definition) is 1. The lowest BCUT2D eigenvalue weighted by Gasteiger charge is -2.34. The van der Waals surface area contributed by atoms with E-state index in [1.54, 1.807) is 0 Å². The summed E-state index contributed by atoms with van der Waals surface area (Å²) in [6.07, 6.45) is 6.78. The summed E-state index contributed by atoms with van der Waals surface area (Å²) >= 11 is 0. The van der Waals surface area contributed by atoms with Gasteiger partial charge >= 0.3 is 0 Å². The summed E-state index contributed by atoms with van der Waals surface area (Å²) < 4.78 is 11.6. The van der Waals surface area contributed by atoms with Gasteiger partial charge in [-0.2, -0.15) is 0 Å². The molecule has 0 aromatic carbocycles. The second-order valence-electron chi connectivity index (χ2n) is 5.42. The number of rotatable bonds is 4. The Morgan fingerprint density at radius 2 is 2.19 bits per heavy atom. The molecule has 4 atom stereocenters. The van der Waals surface area contributed by atoms with Gasteiger partial charge in [-0.25, -0.2) is 0 Å². The van der Waals surface area contributed by atoms with Crippen molar-refractivity contribution >= 4 is 0 Å². The van der Waals surface area contributed by atoms with Gasteiger partial charge in [-0.05, 0) is 44.1 Å². The molecule has 0 spiro atoms. The van der Waals surface area contributed by atoms with Crippen molar-refractivity contribution in [1.29, 1.82) is 0 Å². The Morgan fingerprint density at radius 3 is 2.88 bits per heavy atom. The highest BCUT2D eigenvalue weighted by atomic mass is 16.5. The molecule has 1 heterocycles. The molecule has 2 fully saturated rings. The molecule has 2 N–H and O–H groups in total. The van der Waals surface area contributed by atoms with Gasteiger partial charge < -0.3 is 15.2 Å². The summed E-state index contributed by atoms with van der Waals surface area (Å²) in [6, 6.07) is 0. The summed E-state index contributed by atoms with van der Waals surface area (Å²) in [4.78, 5) is 0. The summed E-state index contributed by atoms with van der Waals surface area (Å²) in [5.41, 5.74) is 5.81. The van der Waals surface area contributed by atoms with Crippen LogP contribution in [-0.4, -0.2) is 32.0 Å². The second-order valence-corrected chi connectivity index (χ2v) is 5.42. The van der Waals surface area contributed by atoms with Crippen molar-refractivity contribution in [3.05, 3.63) is 0 Å². The highest BCUT2D eigenvalue weighted by molar-refractivity contribution is 4.80. The topological polar surface area (TPSA) is 44.5 Å². The van der Waals surface area contributed by atoms with Crippen LogP contribution in [0, 0.1) is 11.8 Å². The van der Waals surface area contributed by atoms with Crippen LogP contribution in [0.2, 0.25) is 0 Å². The van der Waals surface area contributed by atoms with Crippen LogP contribution >= 0.6 is 0 Å². The molecule has 2 aliphatic rings. The first-order chi connectivity index (χ1) is 7.79. The third kappa shape index (κ3) is 3.19. The second kappa shape index (κ2) is 5.99. The first-order valence-corrected chi connectivity index (χ1v) is 6.73. The summed E-state index contributed by atoms with van der Waals surface area (Å²) in [5, 5.41) is 0. The lowest BCUT2D eigenvalue weighted by Crippen LogP contribution is -2.37. The maximum absolute atomic E-state index is 6.04. The van der Waals surface area contributed by atoms with E-state index < -0.39 is 0 Å². The molecule has 16 heavy (non-hydrogen) atoms. The maximum atomic E-state index is 6.04. The lowest BCUT2D eigenvalue weighted by molar-refractivity contribution is -0.0617. The molecule has 0 amide bonds. The molecule has 94 valence electrons. The molecule has 3 nitrogen and oxygen atoms in total. The molecule has 1 aliphatic heterocycles. The standard InChI is InChI=1S/C13H25NO2/c1-10-4-5-11(8-14)13(7-10)16-9-12-3-2-6-15-12/h10-13H,2-9,14H2,1H3. The zero-order chi connectivity index (χ0) is 11.4. The lowest BCUT2D eigenvalue weighted by atomic mass is 9.80. The molecular formula is C13H25NO2. The fraction of sp³-hybridized carbons (Fsp3) is 1.00. The molecule has 4 unspecified atom stereocenters. The first kappa shape index (κ1) is 12.3. The van der Waals surface area contributed by atoms with E-state index in [1.165, 1.54) is 25.7 Å². The molecule has 3 heteroatoms. The van der Waals surface area contributed by atoms with Crippen molar-refractivity contribution in [2.75, 3.05) is 19.8 Å². The van der Waals surface area contributed by atoms with Gasteiger partial charge in [0.15, 0.2) is 0 Å². The van der Waals surface area contributed by atoms with E-state index in [0.717, 1.165) is 32.1 Å². The molecule has 0 aromatic heterocycles. The Morgan fingerprint density at radius 1 is 1.31 bits per heavy atom. The van der Waals surface area contributed by atoms with Crippen molar-refractivity contribution in [2.45, 2.75) is 51.2 Å².